The molecule has 1 aromatic heterocycles. The van der Waals surface area contributed by atoms with Crippen molar-refractivity contribution in [1.29, 1.82) is 5.26 Å². The van der Waals surface area contributed by atoms with Crippen LogP contribution in [0.25, 0.3) is 0 Å². The van der Waals surface area contributed by atoms with Gasteiger partial charge in [-0.3, -0.25) is 9.88 Å². The first kappa shape index (κ1) is 15.6. The molecule has 0 saturated carbocycles. The molecule has 0 amide bonds. The van der Waals surface area contributed by atoms with Crippen molar-refractivity contribution in [3.8, 4) is 6.07 Å². The molecule has 2 aliphatic heterocycles. The Hall–Kier alpha value is -1.89. The van der Waals surface area contributed by atoms with Gasteiger partial charge in [0, 0.05) is 31.0 Å². The third-order valence-corrected chi connectivity index (χ3v) is 5.83. The van der Waals surface area contributed by atoms with Gasteiger partial charge in [0.15, 0.2) is 0 Å². The van der Waals surface area contributed by atoms with Crippen LogP contribution < -0.4 is 0 Å². The van der Waals surface area contributed by atoms with Crippen LogP contribution in [0.2, 0.25) is 5.02 Å². The van der Waals surface area contributed by atoms with Gasteiger partial charge in [-0.2, -0.15) is 5.26 Å². The lowest BCUT2D eigenvalue weighted by atomic mass is 9.71. The van der Waals surface area contributed by atoms with Gasteiger partial charge in [0.25, 0.3) is 0 Å². The molecule has 4 rings (SSSR count). The highest BCUT2D eigenvalue weighted by Gasteiger charge is 2.49. The maximum Gasteiger partial charge on any atom is 0.0867 e. The van der Waals surface area contributed by atoms with Gasteiger partial charge in [0.1, 0.15) is 0 Å². The number of halogens is 1. The van der Waals surface area contributed by atoms with Crippen molar-refractivity contribution in [2.75, 3.05) is 0 Å². The fourth-order valence-electron chi connectivity index (χ4n) is 4.46. The molecule has 2 unspecified atom stereocenters. The van der Waals surface area contributed by atoms with Crippen molar-refractivity contribution in [3.05, 3.63) is 64.9 Å². The first-order chi connectivity index (χ1) is 11.7. The summed E-state index contributed by atoms with van der Waals surface area (Å²) >= 11 is 6.13. The summed E-state index contributed by atoms with van der Waals surface area (Å²) in [6.45, 7) is 0.978. The third-order valence-electron chi connectivity index (χ3n) is 5.62. The highest BCUT2D eigenvalue weighted by atomic mass is 35.5. The number of benzene rings is 1. The highest BCUT2D eigenvalue weighted by Crippen LogP contribution is 2.47. The summed E-state index contributed by atoms with van der Waals surface area (Å²) in [6, 6.07) is 16.1. The molecule has 0 N–H and O–H groups in total. The summed E-state index contributed by atoms with van der Waals surface area (Å²) in [7, 11) is 0. The van der Waals surface area contributed by atoms with Crippen molar-refractivity contribution in [2.45, 2.75) is 49.7 Å². The molecule has 0 aliphatic carbocycles. The van der Waals surface area contributed by atoms with Gasteiger partial charge in [-0.15, -0.1) is 0 Å². The number of nitriles is 1. The molecule has 122 valence electrons. The van der Waals surface area contributed by atoms with E-state index in [4.69, 9.17) is 11.6 Å². The van der Waals surface area contributed by atoms with E-state index in [0.29, 0.717) is 17.1 Å². The van der Waals surface area contributed by atoms with Gasteiger partial charge < -0.3 is 0 Å². The van der Waals surface area contributed by atoms with E-state index in [2.05, 4.69) is 46.3 Å². The van der Waals surface area contributed by atoms with Gasteiger partial charge in [-0.1, -0.05) is 41.9 Å². The van der Waals surface area contributed by atoms with Gasteiger partial charge in [-0.05, 0) is 42.9 Å². The molecule has 2 fully saturated rings. The topological polar surface area (TPSA) is 39.9 Å². The van der Waals surface area contributed by atoms with Gasteiger partial charge in [0.2, 0.25) is 0 Å². The Bertz CT molecular complexity index is 754. The minimum Gasteiger partial charge on any atom is -0.293 e. The predicted molar refractivity (Wildman–Crippen MR) is 94.6 cm³/mol. The van der Waals surface area contributed by atoms with E-state index in [0.717, 1.165) is 24.9 Å². The minimum absolute atomic E-state index is 0.447. The monoisotopic (exact) mass is 337 g/mol. The standard InChI is InChI=1S/C20H20ClN3/c21-17-8-16(11-23-12-17)20(14-22)9-18-6-7-19(10-20)24(18)13-15-4-2-1-3-5-15/h1-5,8,11-12,18-19H,6-7,9-10,13H2. The van der Waals surface area contributed by atoms with E-state index in [1.54, 1.807) is 6.20 Å². The number of aromatic nitrogens is 1. The largest absolute Gasteiger partial charge is 0.293 e. The first-order valence-electron chi connectivity index (χ1n) is 8.52. The molecule has 2 atom stereocenters. The second-order valence-electron chi connectivity index (χ2n) is 7.04. The number of piperidine rings is 1. The Labute approximate surface area is 147 Å². The van der Waals surface area contributed by atoms with Crippen LogP contribution in [0, 0.1) is 11.3 Å². The maximum absolute atomic E-state index is 9.99. The number of hydrogen-bond donors (Lipinski definition) is 0. The summed E-state index contributed by atoms with van der Waals surface area (Å²) in [5.74, 6) is 0. The fourth-order valence-corrected chi connectivity index (χ4v) is 4.63. The second kappa shape index (κ2) is 6.20. The molecule has 0 spiro atoms. The molecule has 2 saturated heterocycles. The van der Waals surface area contributed by atoms with Gasteiger partial charge in [0.05, 0.1) is 16.5 Å². The molecule has 4 heteroatoms. The van der Waals surface area contributed by atoms with Crippen molar-refractivity contribution in [1.82, 2.24) is 9.88 Å². The van der Waals surface area contributed by atoms with Crippen LogP contribution in [0.15, 0.2) is 48.8 Å². The van der Waals surface area contributed by atoms with Crippen LogP contribution in [0.3, 0.4) is 0 Å². The van der Waals surface area contributed by atoms with Crippen molar-refractivity contribution in [2.24, 2.45) is 0 Å². The average Bonchev–Trinajstić information content (AvgIpc) is 2.85. The number of hydrogen-bond acceptors (Lipinski definition) is 3. The van der Waals surface area contributed by atoms with Crippen LogP contribution in [0.4, 0.5) is 0 Å². The summed E-state index contributed by atoms with van der Waals surface area (Å²) in [6.07, 6.45) is 7.55. The summed E-state index contributed by atoms with van der Waals surface area (Å²) in [5, 5.41) is 10.6. The Balaban J connectivity index is 1.60. The third kappa shape index (κ3) is 2.70. The van der Waals surface area contributed by atoms with E-state index < -0.39 is 5.41 Å². The second-order valence-corrected chi connectivity index (χ2v) is 7.47. The summed E-state index contributed by atoms with van der Waals surface area (Å²) < 4.78 is 0. The quantitative estimate of drug-likeness (QED) is 0.837. The average molecular weight is 338 g/mol. The molecular formula is C20H20ClN3. The van der Waals surface area contributed by atoms with Crippen LogP contribution in [0.5, 0.6) is 0 Å². The van der Waals surface area contributed by atoms with E-state index in [1.807, 2.05) is 12.3 Å². The molecule has 24 heavy (non-hydrogen) atoms. The minimum atomic E-state index is -0.447. The number of pyridine rings is 1. The van der Waals surface area contributed by atoms with Crippen molar-refractivity contribution in [3.63, 3.8) is 0 Å². The molecule has 2 aromatic rings. The molecule has 2 aliphatic rings. The lowest BCUT2D eigenvalue weighted by molar-refractivity contribution is 0.0973. The SMILES string of the molecule is N#CC1(c2cncc(Cl)c2)CC2CCC(C1)N2Cc1ccccc1. The smallest absolute Gasteiger partial charge is 0.0867 e. The maximum atomic E-state index is 9.99. The molecular weight excluding hydrogens is 318 g/mol. The normalized spacial score (nSPS) is 29.3. The number of fused-ring (bicyclic) bond motifs is 2. The van der Waals surface area contributed by atoms with E-state index in [1.165, 1.54) is 18.4 Å². The van der Waals surface area contributed by atoms with Crippen molar-refractivity contribution >= 4 is 11.6 Å². The van der Waals surface area contributed by atoms with Crippen LogP contribution in [-0.4, -0.2) is 22.0 Å². The zero-order valence-electron chi connectivity index (χ0n) is 13.5. The van der Waals surface area contributed by atoms with Crippen LogP contribution >= 0.6 is 11.6 Å². The first-order valence-corrected chi connectivity index (χ1v) is 8.90. The molecule has 1 aromatic carbocycles. The fraction of sp³-hybridized carbons (Fsp3) is 0.400. The number of rotatable bonds is 3. The Morgan fingerprint density at radius 2 is 1.88 bits per heavy atom. The Morgan fingerprint density at radius 1 is 1.17 bits per heavy atom. The molecule has 3 heterocycles. The summed E-state index contributed by atoms with van der Waals surface area (Å²) in [5.41, 5.74) is 1.88. The van der Waals surface area contributed by atoms with Crippen LogP contribution in [0.1, 0.15) is 36.8 Å². The predicted octanol–water partition coefficient (Wildman–Crippen LogP) is 4.32. The van der Waals surface area contributed by atoms with Gasteiger partial charge in [-0.25, -0.2) is 0 Å². The molecule has 2 bridgehead atoms. The number of nitrogens with zero attached hydrogens (tertiary/aromatic N) is 3. The Morgan fingerprint density at radius 3 is 2.50 bits per heavy atom. The molecule has 3 nitrogen and oxygen atoms in total. The highest BCUT2D eigenvalue weighted by molar-refractivity contribution is 6.30. The zero-order chi connectivity index (χ0) is 16.6. The van der Waals surface area contributed by atoms with E-state index >= 15 is 0 Å². The zero-order valence-corrected chi connectivity index (χ0v) is 14.3. The van der Waals surface area contributed by atoms with Crippen molar-refractivity contribution < 1.29 is 0 Å². The summed E-state index contributed by atoms with van der Waals surface area (Å²) in [4.78, 5) is 6.81. The lowest BCUT2D eigenvalue weighted by Gasteiger charge is -2.43. The van der Waals surface area contributed by atoms with Crippen LogP contribution in [-0.2, 0) is 12.0 Å². The molecule has 0 radical (unpaired) electrons. The van der Waals surface area contributed by atoms with Gasteiger partial charge >= 0.3 is 0 Å². The van der Waals surface area contributed by atoms with E-state index in [-0.39, 0.29) is 0 Å². The van der Waals surface area contributed by atoms with E-state index in [9.17, 15) is 5.26 Å². The lowest BCUT2D eigenvalue weighted by Crippen LogP contribution is -2.48. The Kier molecular flexibility index (Phi) is 4.04.